The Morgan fingerprint density at radius 3 is 2.36 bits per heavy atom. The van der Waals surface area contributed by atoms with Gasteiger partial charge in [0.15, 0.2) is 12.4 Å². The van der Waals surface area contributed by atoms with E-state index in [0.29, 0.717) is 38.0 Å². The molecular weight excluding hydrogens is 642 g/mol. The molecule has 50 heavy (non-hydrogen) atoms. The molecule has 11 heteroatoms. The Kier molecular flexibility index (Phi) is 8.94. The Morgan fingerprint density at radius 1 is 1.04 bits per heavy atom. The van der Waals surface area contributed by atoms with Crippen LogP contribution in [-0.2, 0) is 28.5 Å². The molecule has 2 spiro atoms. The predicted octanol–water partition coefficient (Wildman–Crippen LogP) is 3.99. The number of carboxylic acid groups (broad SMARTS) is 1. The van der Waals surface area contributed by atoms with Crippen molar-refractivity contribution in [3.63, 3.8) is 0 Å². The van der Waals surface area contributed by atoms with Gasteiger partial charge in [-0.15, -0.1) is 0 Å². The standard InChI is InChI=1S/C39H63NO10/c1-21-17-24(32(35(5,6)46)48-22(2)42)49-30-29(21)36(7)13-14-39-20-38(39)12-11-27(50-28-18-40(15-16-47-28)23(19-41)33(44)45)34(3,4)25(38)9-10-26(39)37(36,8)31(30)43/h21,23-32,41,43,46H,9-20H2,1-8H3,(H,44,45)/t21-,23+,24?,25+,26?,27?,28+,29+,30?,31+,32+,36-,37-,38-,39+/m1/s1. The van der Waals surface area contributed by atoms with Gasteiger partial charge in [-0.1, -0.05) is 34.6 Å². The largest absolute Gasteiger partial charge is 0.480 e. The molecule has 0 aromatic heterocycles. The maximum Gasteiger partial charge on any atom is 0.323 e. The smallest absolute Gasteiger partial charge is 0.323 e. The molecule has 7 rings (SSSR count). The average Bonchev–Trinajstić information content (AvgIpc) is 3.65. The zero-order valence-corrected chi connectivity index (χ0v) is 31.5. The van der Waals surface area contributed by atoms with Crippen molar-refractivity contribution in [3.8, 4) is 0 Å². The number of fused-ring (bicyclic) bond motifs is 4. The average molecular weight is 706 g/mol. The number of hydrogen-bond donors (Lipinski definition) is 4. The summed E-state index contributed by atoms with van der Waals surface area (Å²) in [5, 5.41) is 42.9. The molecule has 5 aliphatic carbocycles. The Hall–Kier alpha value is -1.34. The predicted molar refractivity (Wildman–Crippen MR) is 183 cm³/mol. The molecule has 5 saturated carbocycles. The number of aliphatic hydroxyl groups is 3. The molecule has 7 aliphatic rings. The number of hydrogen-bond acceptors (Lipinski definition) is 10. The Morgan fingerprint density at radius 2 is 1.72 bits per heavy atom. The van der Waals surface area contributed by atoms with E-state index in [1.54, 1.807) is 18.7 Å². The van der Waals surface area contributed by atoms with Crippen LogP contribution in [0.5, 0.6) is 0 Å². The monoisotopic (exact) mass is 705 g/mol. The number of rotatable bonds is 8. The molecule has 11 nitrogen and oxygen atoms in total. The minimum Gasteiger partial charge on any atom is -0.480 e. The van der Waals surface area contributed by atoms with Crippen LogP contribution in [0.15, 0.2) is 0 Å². The van der Waals surface area contributed by atoms with Gasteiger partial charge in [-0.25, -0.2) is 0 Å². The lowest BCUT2D eigenvalue weighted by Gasteiger charge is -2.64. The van der Waals surface area contributed by atoms with Gasteiger partial charge in [-0.3, -0.25) is 14.5 Å². The quantitative estimate of drug-likeness (QED) is 0.271. The lowest BCUT2D eigenvalue weighted by atomic mass is 9.41. The molecule has 2 saturated heterocycles. The molecule has 15 atom stereocenters. The number of nitrogens with zero attached hydrogens (tertiary/aromatic N) is 1. The Balaban J connectivity index is 1.11. The van der Waals surface area contributed by atoms with Gasteiger partial charge in [0.2, 0.25) is 0 Å². The van der Waals surface area contributed by atoms with Crippen LogP contribution in [0, 0.1) is 50.7 Å². The number of carboxylic acids is 1. The molecule has 0 bridgehead atoms. The van der Waals surface area contributed by atoms with E-state index >= 15 is 0 Å². The first-order valence-corrected chi connectivity index (χ1v) is 19.4. The molecule has 2 aliphatic heterocycles. The molecular formula is C39H63NO10. The number of carbonyl (C=O) groups is 2. The van der Waals surface area contributed by atoms with Crippen molar-refractivity contribution >= 4 is 11.9 Å². The van der Waals surface area contributed by atoms with Crippen molar-refractivity contribution in [2.75, 3.05) is 26.3 Å². The number of carbonyl (C=O) groups excluding carboxylic acids is 1. The third-order valence-electron chi connectivity index (χ3n) is 16.4. The van der Waals surface area contributed by atoms with E-state index < -0.39 is 54.8 Å². The summed E-state index contributed by atoms with van der Waals surface area (Å²) in [5.74, 6) is -0.240. The SMILES string of the molecule is CC(=O)O[C@@H](C1C[C@@H](C)[C@H]2C(O1)[C@H](O)[C@@]1(C)C3CC[C@H]4C(C)(C)C(O[C@H]5CN([C@@H](CO)C(=O)O)CCO5)CC[C@@]45C[C@@]35CC[C@]21C)C(C)(C)O. The van der Waals surface area contributed by atoms with Crippen LogP contribution in [0.3, 0.4) is 0 Å². The van der Waals surface area contributed by atoms with Crippen LogP contribution in [0.1, 0.15) is 107 Å². The number of aliphatic carboxylic acids is 1. The van der Waals surface area contributed by atoms with Crippen LogP contribution in [0.2, 0.25) is 0 Å². The summed E-state index contributed by atoms with van der Waals surface area (Å²) in [6, 6.07) is -0.960. The van der Waals surface area contributed by atoms with Crippen LogP contribution < -0.4 is 0 Å². The highest BCUT2D eigenvalue weighted by Gasteiger charge is 2.84. The molecule has 4 N–H and O–H groups in total. The minimum absolute atomic E-state index is 0.0220. The number of morpholine rings is 1. The first kappa shape index (κ1) is 37.0. The van der Waals surface area contributed by atoms with Crippen LogP contribution in [-0.4, -0.2) is 112 Å². The van der Waals surface area contributed by atoms with Crippen LogP contribution in [0.25, 0.3) is 0 Å². The molecule has 0 aromatic carbocycles. The molecule has 4 unspecified atom stereocenters. The van der Waals surface area contributed by atoms with Gasteiger partial charge in [0.25, 0.3) is 0 Å². The fourth-order valence-corrected chi connectivity index (χ4v) is 14.1. The fraction of sp³-hybridized carbons (Fsp3) is 0.949. The second-order valence-corrected chi connectivity index (χ2v) is 19.2. The molecule has 284 valence electrons. The van der Waals surface area contributed by atoms with E-state index in [0.717, 1.165) is 38.5 Å². The van der Waals surface area contributed by atoms with Crippen molar-refractivity contribution < 1.29 is 49.0 Å². The van der Waals surface area contributed by atoms with E-state index in [2.05, 4.69) is 34.6 Å². The van der Waals surface area contributed by atoms with Gasteiger partial charge >= 0.3 is 11.9 Å². The van der Waals surface area contributed by atoms with E-state index in [9.17, 15) is 30.0 Å². The van der Waals surface area contributed by atoms with E-state index in [-0.39, 0.29) is 51.1 Å². The third kappa shape index (κ3) is 5.06. The molecule has 0 radical (unpaired) electrons. The minimum atomic E-state index is -1.28. The summed E-state index contributed by atoms with van der Waals surface area (Å²) < 4.78 is 25.3. The normalized spacial score (nSPS) is 49.3. The second kappa shape index (κ2) is 12.1. The number of aliphatic hydroxyl groups excluding tert-OH is 2. The maximum absolute atomic E-state index is 12.6. The summed E-state index contributed by atoms with van der Waals surface area (Å²) in [6.45, 7) is 17.1. The lowest BCUT2D eigenvalue weighted by Crippen LogP contribution is -2.60. The van der Waals surface area contributed by atoms with Gasteiger partial charge in [-0.05, 0) is 111 Å². The molecule has 0 amide bonds. The van der Waals surface area contributed by atoms with Crippen molar-refractivity contribution in [1.29, 1.82) is 0 Å². The molecule has 0 aromatic rings. The van der Waals surface area contributed by atoms with Crippen LogP contribution >= 0.6 is 0 Å². The topological polar surface area (TPSA) is 155 Å². The summed E-state index contributed by atoms with van der Waals surface area (Å²) in [4.78, 5) is 25.6. The van der Waals surface area contributed by atoms with Gasteiger partial charge < -0.3 is 39.4 Å². The number of ether oxygens (including phenoxy) is 4. The van der Waals surface area contributed by atoms with E-state index in [4.69, 9.17) is 18.9 Å². The summed E-state index contributed by atoms with van der Waals surface area (Å²) in [7, 11) is 0. The van der Waals surface area contributed by atoms with Gasteiger partial charge in [0.05, 0.1) is 49.8 Å². The highest BCUT2D eigenvalue weighted by Crippen LogP contribution is 2.89. The first-order chi connectivity index (χ1) is 23.3. The van der Waals surface area contributed by atoms with E-state index in [1.807, 2.05) is 0 Å². The van der Waals surface area contributed by atoms with Crippen molar-refractivity contribution in [3.05, 3.63) is 0 Å². The lowest BCUT2D eigenvalue weighted by molar-refractivity contribution is -0.251. The van der Waals surface area contributed by atoms with Crippen molar-refractivity contribution in [1.82, 2.24) is 4.90 Å². The molecule has 2 heterocycles. The fourth-order valence-electron chi connectivity index (χ4n) is 14.1. The summed E-state index contributed by atoms with van der Waals surface area (Å²) in [6.07, 6.45) is 5.26. The maximum atomic E-state index is 12.6. The zero-order valence-electron chi connectivity index (χ0n) is 31.5. The van der Waals surface area contributed by atoms with Crippen LogP contribution in [0.4, 0.5) is 0 Å². The second-order valence-electron chi connectivity index (χ2n) is 19.2. The van der Waals surface area contributed by atoms with E-state index in [1.165, 1.54) is 13.3 Å². The number of esters is 1. The Labute approximate surface area is 297 Å². The van der Waals surface area contributed by atoms with Crippen molar-refractivity contribution in [2.45, 2.75) is 155 Å². The summed E-state index contributed by atoms with van der Waals surface area (Å²) in [5.41, 5.74) is -1.47. The summed E-state index contributed by atoms with van der Waals surface area (Å²) >= 11 is 0. The highest BCUT2D eigenvalue weighted by atomic mass is 16.7. The zero-order chi connectivity index (χ0) is 36.4. The van der Waals surface area contributed by atoms with Gasteiger partial charge in [0.1, 0.15) is 6.04 Å². The van der Waals surface area contributed by atoms with Crippen molar-refractivity contribution in [2.24, 2.45) is 50.7 Å². The van der Waals surface area contributed by atoms with Gasteiger partial charge in [-0.2, -0.15) is 0 Å². The first-order valence-electron chi connectivity index (χ1n) is 19.4. The molecule has 7 fully saturated rings. The Bertz CT molecular complexity index is 1350. The third-order valence-corrected chi connectivity index (χ3v) is 16.4. The highest BCUT2D eigenvalue weighted by molar-refractivity contribution is 5.73. The van der Waals surface area contributed by atoms with Gasteiger partial charge in [0, 0.05) is 18.9 Å².